The molecular weight excluding hydrogens is 724 g/mol. The van der Waals surface area contributed by atoms with E-state index in [1.54, 1.807) is 5.32 Å². The number of nitrogens with zero attached hydrogens (tertiary/aromatic N) is 1. The third-order valence-electron chi connectivity index (χ3n) is 5.50. The highest BCUT2D eigenvalue weighted by molar-refractivity contribution is 9.10. The molecule has 0 saturated carbocycles. The Kier molecular flexibility index (Phi) is 9.39. The molecule has 0 bridgehead atoms. The van der Waals surface area contributed by atoms with Gasteiger partial charge in [-0.05, 0) is 52.3 Å². The van der Waals surface area contributed by atoms with Crippen LogP contribution < -0.4 is 15.4 Å². The van der Waals surface area contributed by atoms with E-state index in [0.29, 0.717) is 24.4 Å². The van der Waals surface area contributed by atoms with Gasteiger partial charge >= 0.3 is 30.6 Å². The molecule has 0 radical (unpaired) electrons. The van der Waals surface area contributed by atoms with Gasteiger partial charge in [0.1, 0.15) is 5.69 Å². The van der Waals surface area contributed by atoms with Gasteiger partial charge in [0.05, 0.1) is 22.5 Å². The molecule has 244 valence electrons. The molecule has 1 aromatic heterocycles. The Labute approximate surface area is 248 Å². The molecule has 3 rings (SSSR count). The molecule has 0 aliphatic rings. The van der Waals surface area contributed by atoms with Crippen LogP contribution >= 0.6 is 15.9 Å². The fourth-order valence-electron chi connectivity index (χ4n) is 3.47. The van der Waals surface area contributed by atoms with Crippen LogP contribution in [0.5, 0.6) is 5.75 Å². The molecule has 0 saturated heterocycles. The maximum absolute atomic E-state index is 15.1. The van der Waals surface area contributed by atoms with Crippen molar-refractivity contribution in [2.75, 3.05) is 10.6 Å². The van der Waals surface area contributed by atoms with Crippen molar-refractivity contribution in [1.82, 2.24) is 4.98 Å². The minimum absolute atomic E-state index is 0.245. The predicted molar refractivity (Wildman–Crippen MR) is 127 cm³/mol. The maximum Gasteiger partial charge on any atom is 0.573 e. The van der Waals surface area contributed by atoms with Crippen LogP contribution in [0.3, 0.4) is 0 Å². The van der Waals surface area contributed by atoms with Crippen molar-refractivity contribution in [3.63, 3.8) is 0 Å². The number of carbonyl (C=O) groups is 2. The smallest absolute Gasteiger partial charge is 0.404 e. The second-order valence-electron chi connectivity index (χ2n) is 8.54. The number of pyridine rings is 1. The summed E-state index contributed by atoms with van der Waals surface area (Å²) < 4.78 is 188. The lowest BCUT2D eigenvalue weighted by Gasteiger charge is -2.31. The number of rotatable bonds is 6. The lowest BCUT2D eigenvalue weighted by molar-refractivity contribution is -0.348. The number of carbonyl (C=O) groups excluding carboxylic acids is 2. The zero-order valence-corrected chi connectivity index (χ0v) is 22.5. The van der Waals surface area contributed by atoms with Crippen molar-refractivity contribution in [3.05, 3.63) is 81.3 Å². The Morgan fingerprint density at radius 2 is 1.38 bits per heavy atom. The number of amides is 2. The van der Waals surface area contributed by atoms with E-state index in [4.69, 9.17) is 0 Å². The van der Waals surface area contributed by atoms with E-state index < -0.39 is 98.2 Å². The largest absolute Gasteiger partial charge is 0.573 e. The van der Waals surface area contributed by atoms with Crippen LogP contribution in [0.2, 0.25) is 0 Å². The highest BCUT2D eigenvalue weighted by Gasteiger charge is 2.73. The summed E-state index contributed by atoms with van der Waals surface area (Å²) >= 11 is 2.35. The van der Waals surface area contributed by atoms with Gasteiger partial charge in [-0.3, -0.25) is 14.6 Å². The third-order valence-corrected chi connectivity index (χ3v) is 6.13. The van der Waals surface area contributed by atoms with Gasteiger partial charge in [-0.2, -0.15) is 39.5 Å². The molecule has 45 heavy (non-hydrogen) atoms. The first-order valence-corrected chi connectivity index (χ1v) is 12.0. The van der Waals surface area contributed by atoms with E-state index in [1.807, 2.05) is 5.32 Å². The Morgan fingerprint density at radius 1 is 0.778 bits per heavy atom. The molecular formula is C24H10BrF14N3O3. The summed E-state index contributed by atoms with van der Waals surface area (Å²) in [6.07, 6.45) is -23.7. The number of benzene rings is 2. The van der Waals surface area contributed by atoms with Crippen molar-refractivity contribution >= 4 is 39.1 Å². The summed E-state index contributed by atoms with van der Waals surface area (Å²) in [5.74, 6) is -6.53. The van der Waals surface area contributed by atoms with E-state index >= 15 is 4.39 Å². The average molecular weight is 734 g/mol. The summed E-state index contributed by atoms with van der Waals surface area (Å²) in [5.41, 5.74) is -13.7. The molecule has 0 fully saturated rings. The Balaban J connectivity index is 2.00. The SMILES string of the molecule is O=C(Nc1cccc(C(=O)Nc2c(Br)cc(C(F)(C(F)(F)F)C(F)(F)F)cc2OC(F)(F)F)c1F)c1ccc(C(F)(F)F)nc1. The molecule has 21 heteroatoms. The van der Waals surface area contributed by atoms with Crippen molar-refractivity contribution in [1.29, 1.82) is 0 Å². The van der Waals surface area contributed by atoms with Gasteiger partial charge in [0.15, 0.2) is 11.6 Å². The normalized spacial score (nSPS) is 13.0. The van der Waals surface area contributed by atoms with E-state index in [1.165, 1.54) is 0 Å². The van der Waals surface area contributed by atoms with Crippen LogP contribution in [0.25, 0.3) is 0 Å². The molecule has 2 N–H and O–H groups in total. The van der Waals surface area contributed by atoms with Gasteiger partial charge in [0.2, 0.25) is 0 Å². The third kappa shape index (κ3) is 7.56. The molecule has 3 aromatic rings. The summed E-state index contributed by atoms with van der Waals surface area (Å²) in [5, 5.41) is 3.48. The molecule has 0 unspecified atom stereocenters. The first-order chi connectivity index (χ1) is 20.4. The van der Waals surface area contributed by atoms with Gasteiger partial charge in [-0.15, -0.1) is 13.2 Å². The minimum atomic E-state index is -6.74. The molecule has 1 heterocycles. The lowest BCUT2D eigenvalue weighted by atomic mass is 9.93. The fourth-order valence-corrected chi connectivity index (χ4v) is 4.01. The van der Waals surface area contributed by atoms with Gasteiger partial charge < -0.3 is 15.4 Å². The Morgan fingerprint density at radius 3 is 1.87 bits per heavy atom. The first kappa shape index (κ1) is 35.3. The van der Waals surface area contributed by atoms with Crippen LogP contribution in [0.4, 0.5) is 72.8 Å². The molecule has 6 nitrogen and oxygen atoms in total. The van der Waals surface area contributed by atoms with Gasteiger partial charge in [-0.25, -0.2) is 8.78 Å². The fraction of sp³-hybridized carbons (Fsp3) is 0.208. The lowest BCUT2D eigenvalue weighted by Crippen LogP contribution is -2.50. The number of hydrogen-bond acceptors (Lipinski definition) is 4. The van der Waals surface area contributed by atoms with E-state index in [0.717, 1.165) is 12.1 Å². The van der Waals surface area contributed by atoms with E-state index in [-0.39, 0.29) is 6.07 Å². The number of halogens is 15. The van der Waals surface area contributed by atoms with Crippen molar-refractivity contribution in [2.45, 2.75) is 30.6 Å². The van der Waals surface area contributed by atoms with Crippen LogP contribution in [-0.2, 0) is 11.8 Å². The maximum atomic E-state index is 15.1. The van der Waals surface area contributed by atoms with Gasteiger partial charge in [-0.1, -0.05) is 6.07 Å². The summed E-state index contributed by atoms with van der Waals surface area (Å²) in [6, 6.07) is 2.63. The van der Waals surface area contributed by atoms with Crippen LogP contribution in [-0.4, -0.2) is 35.5 Å². The molecule has 0 spiro atoms. The molecule has 0 aliphatic carbocycles. The number of hydrogen-bond donors (Lipinski definition) is 2. The molecule has 2 amide bonds. The van der Waals surface area contributed by atoms with Crippen LogP contribution in [0.15, 0.2) is 53.1 Å². The first-order valence-electron chi connectivity index (χ1n) is 11.2. The number of nitrogens with one attached hydrogen (secondary N) is 2. The van der Waals surface area contributed by atoms with Crippen LogP contribution in [0, 0.1) is 5.82 Å². The molecule has 0 aliphatic heterocycles. The summed E-state index contributed by atoms with van der Waals surface area (Å²) in [7, 11) is 0. The zero-order valence-electron chi connectivity index (χ0n) is 21.0. The number of alkyl halides is 13. The van der Waals surface area contributed by atoms with Crippen molar-refractivity contribution in [3.8, 4) is 5.75 Å². The van der Waals surface area contributed by atoms with E-state index in [2.05, 4.69) is 25.7 Å². The Bertz CT molecular complexity index is 1590. The van der Waals surface area contributed by atoms with Gasteiger partial charge in [0.25, 0.3) is 11.8 Å². The highest BCUT2D eigenvalue weighted by Crippen LogP contribution is 2.55. The number of aromatic nitrogens is 1. The van der Waals surface area contributed by atoms with Gasteiger partial charge in [0, 0.05) is 16.2 Å². The Hall–Kier alpha value is -4.17. The molecule has 2 aromatic carbocycles. The van der Waals surface area contributed by atoms with E-state index in [9.17, 15) is 66.7 Å². The number of ether oxygens (including phenoxy) is 1. The highest BCUT2D eigenvalue weighted by atomic mass is 79.9. The van der Waals surface area contributed by atoms with Crippen molar-refractivity contribution in [2.24, 2.45) is 0 Å². The molecule has 0 atom stereocenters. The monoisotopic (exact) mass is 733 g/mol. The topological polar surface area (TPSA) is 80.3 Å². The summed E-state index contributed by atoms with van der Waals surface area (Å²) in [4.78, 5) is 28.2. The second kappa shape index (κ2) is 12.0. The average Bonchev–Trinajstić information content (AvgIpc) is 2.88. The standard InChI is InChI=1S/C24H10BrF14N3O3/c25-12-6-10(20(27,22(31,32)33)23(34,35)36)7-14(45-24(37,38)39)17(12)42-19(44)11-2-1-3-13(16(11)26)41-18(43)9-4-5-15(40-8-9)21(28,29)30/h1-8H,(H,41,43)(H,42,44). The summed E-state index contributed by atoms with van der Waals surface area (Å²) in [6.45, 7) is 0. The minimum Gasteiger partial charge on any atom is -0.404 e. The second-order valence-corrected chi connectivity index (χ2v) is 9.39. The number of anilines is 2. The van der Waals surface area contributed by atoms with Crippen LogP contribution in [0.1, 0.15) is 32.0 Å². The van der Waals surface area contributed by atoms with Crippen molar-refractivity contribution < 1.29 is 75.8 Å². The predicted octanol–water partition coefficient (Wildman–Crippen LogP) is 8.69. The zero-order chi connectivity index (χ0) is 34.3. The quantitative estimate of drug-likeness (QED) is 0.249.